The van der Waals surface area contributed by atoms with Gasteiger partial charge < -0.3 is 10.5 Å². The molecule has 232 valence electrons. The lowest BCUT2D eigenvalue weighted by atomic mass is 9.96. The van der Waals surface area contributed by atoms with Crippen LogP contribution in [0.3, 0.4) is 0 Å². The van der Waals surface area contributed by atoms with E-state index in [0.29, 0.717) is 22.5 Å². The third-order valence-corrected chi connectivity index (χ3v) is 9.22. The molecule has 3 aromatic carbocycles. The van der Waals surface area contributed by atoms with E-state index in [1.54, 1.807) is 6.07 Å². The first kappa shape index (κ1) is 30.6. The van der Waals surface area contributed by atoms with Gasteiger partial charge in [0.05, 0.1) is 23.8 Å². The van der Waals surface area contributed by atoms with Gasteiger partial charge in [-0.05, 0) is 91.5 Å². The predicted octanol–water partition coefficient (Wildman–Crippen LogP) is 6.44. The van der Waals surface area contributed by atoms with Crippen LogP contribution in [-0.2, 0) is 16.6 Å². The lowest BCUT2D eigenvalue weighted by Gasteiger charge is -2.26. The van der Waals surface area contributed by atoms with E-state index in [1.807, 2.05) is 18.2 Å². The maximum atomic E-state index is 15.4. The van der Waals surface area contributed by atoms with E-state index >= 15 is 8.78 Å². The number of likely N-dealkylation sites (tertiary alicyclic amines) is 1. The number of aryl methyl sites for hydroxylation is 1. The molecule has 0 unspecified atom stereocenters. The fourth-order valence-corrected chi connectivity index (χ4v) is 6.65. The first-order chi connectivity index (χ1) is 21.5. The number of ether oxygens (including phenoxy) is 1. The molecule has 0 radical (unpaired) electrons. The van der Waals surface area contributed by atoms with Crippen LogP contribution < -0.4 is 15.6 Å². The summed E-state index contributed by atoms with van der Waals surface area (Å²) in [4.78, 5) is 10.6. The van der Waals surface area contributed by atoms with Crippen molar-refractivity contribution < 1.29 is 21.9 Å². The second kappa shape index (κ2) is 12.2. The summed E-state index contributed by atoms with van der Waals surface area (Å²) >= 11 is 0. The maximum absolute atomic E-state index is 15.4. The van der Waals surface area contributed by atoms with Crippen molar-refractivity contribution in [3.63, 3.8) is 0 Å². The van der Waals surface area contributed by atoms with Crippen LogP contribution in [0.4, 0.5) is 14.6 Å². The summed E-state index contributed by atoms with van der Waals surface area (Å²) in [5.41, 5.74) is 11.8. The van der Waals surface area contributed by atoms with Gasteiger partial charge in [-0.1, -0.05) is 30.7 Å². The second-order valence-corrected chi connectivity index (χ2v) is 12.9. The normalized spacial score (nSPS) is 14.2. The lowest BCUT2D eigenvalue weighted by molar-refractivity contribution is 0.221. The summed E-state index contributed by atoms with van der Waals surface area (Å²) < 4.78 is 59.6. The number of aromatic nitrogens is 2. The number of nitrogens with two attached hydrogens (primary N) is 2. The van der Waals surface area contributed by atoms with Crippen LogP contribution in [0.25, 0.3) is 44.3 Å². The topological polar surface area (TPSA) is 124 Å². The summed E-state index contributed by atoms with van der Waals surface area (Å²) in [6, 6.07) is 17.1. The van der Waals surface area contributed by atoms with E-state index in [1.165, 1.54) is 44.2 Å². The molecule has 0 spiro atoms. The largest absolute Gasteiger partial charge is 0.481 e. The molecule has 0 aliphatic carbocycles. The summed E-state index contributed by atoms with van der Waals surface area (Å²) in [5.74, 6) is -1.98. The number of hydrogen-bond donors (Lipinski definition) is 2. The zero-order valence-corrected chi connectivity index (χ0v) is 25.8. The van der Waals surface area contributed by atoms with Crippen LogP contribution in [0.15, 0.2) is 71.8 Å². The van der Waals surface area contributed by atoms with Crippen molar-refractivity contribution in [2.45, 2.75) is 37.6 Å². The first-order valence-corrected chi connectivity index (χ1v) is 16.2. The van der Waals surface area contributed by atoms with Gasteiger partial charge in [0.25, 0.3) is 0 Å². The standard InChI is InChI=1S/C34H33F2N5O3S/c1-20-14-21(19-41-12-4-3-5-13-41)6-8-25(20)26-16-23-15-22(7-10-29(23)40-33(26)37)24-17-27(34(44-2)39-18-24)31-28(35)9-11-30(32(31)36)45(38,42)43/h6-11,14-18H,3-5,12-13,19H2,1-2H3,(H2,37,40)(H2,38,42,43). The van der Waals surface area contributed by atoms with Gasteiger partial charge in [0.15, 0.2) is 5.82 Å². The quantitative estimate of drug-likeness (QED) is 0.212. The van der Waals surface area contributed by atoms with Gasteiger partial charge in [-0.25, -0.2) is 32.3 Å². The van der Waals surface area contributed by atoms with Gasteiger partial charge in [0.1, 0.15) is 16.5 Å². The third-order valence-electron chi connectivity index (χ3n) is 8.29. The molecular weight excluding hydrogens is 596 g/mol. The summed E-state index contributed by atoms with van der Waals surface area (Å²) in [6.07, 6.45) is 5.30. The number of rotatable bonds is 7. The summed E-state index contributed by atoms with van der Waals surface area (Å²) in [7, 11) is -3.15. The Morgan fingerprint density at radius 2 is 1.69 bits per heavy atom. The number of hydrogen-bond acceptors (Lipinski definition) is 7. The number of benzene rings is 3. The van der Waals surface area contributed by atoms with Crippen LogP contribution in [-0.4, -0.2) is 43.5 Å². The molecule has 0 bridgehead atoms. The number of pyridine rings is 2. The molecule has 1 aliphatic heterocycles. The average molecular weight is 630 g/mol. The number of methoxy groups -OCH3 is 1. The van der Waals surface area contributed by atoms with Crippen molar-refractivity contribution in [2.24, 2.45) is 5.14 Å². The molecule has 3 heterocycles. The Hall–Kier alpha value is -4.45. The van der Waals surface area contributed by atoms with Gasteiger partial charge in [0.2, 0.25) is 15.9 Å². The van der Waals surface area contributed by atoms with E-state index in [4.69, 9.17) is 15.6 Å². The van der Waals surface area contributed by atoms with Crippen LogP contribution in [0.2, 0.25) is 0 Å². The summed E-state index contributed by atoms with van der Waals surface area (Å²) in [6.45, 7) is 5.25. The molecule has 0 amide bonds. The van der Waals surface area contributed by atoms with Gasteiger partial charge in [-0.15, -0.1) is 0 Å². The van der Waals surface area contributed by atoms with Crippen molar-refractivity contribution in [3.05, 3.63) is 89.6 Å². The number of primary sulfonamides is 1. The van der Waals surface area contributed by atoms with E-state index < -0.39 is 32.1 Å². The molecule has 1 fully saturated rings. The van der Waals surface area contributed by atoms with Gasteiger partial charge >= 0.3 is 0 Å². The minimum Gasteiger partial charge on any atom is -0.481 e. The highest BCUT2D eigenvalue weighted by atomic mass is 32.2. The fourth-order valence-electron chi connectivity index (χ4n) is 6.04. The number of fused-ring (bicyclic) bond motifs is 1. The highest BCUT2D eigenvalue weighted by Gasteiger charge is 2.25. The van der Waals surface area contributed by atoms with Crippen molar-refractivity contribution in [1.82, 2.24) is 14.9 Å². The molecule has 1 aliphatic rings. The lowest BCUT2D eigenvalue weighted by Crippen LogP contribution is -2.29. The van der Waals surface area contributed by atoms with Crippen LogP contribution >= 0.6 is 0 Å². The van der Waals surface area contributed by atoms with Crippen molar-refractivity contribution in [1.29, 1.82) is 0 Å². The van der Waals surface area contributed by atoms with Gasteiger partial charge in [-0.3, -0.25) is 4.90 Å². The number of nitrogens with zero attached hydrogens (tertiary/aromatic N) is 3. The molecule has 11 heteroatoms. The van der Waals surface area contributed by atoms with E-state index in [0.717, 1.165) is 53.8 Å². The van der Waals surface area contributed by atoms with Crippen LogP contribution in [0.5, 0.6) is 5.88 Å². The number of piperidine rings is 1. The van der Waals surface area contributed by atoms with Gasteiger partial charge in [-0.2, -0.15) is 0 Å². The number of anilines is 1. The van der Waals surface area contributed by atoms with Crippen LogP contribution in [0.1, 0.15) is 30.4 Å². The molecule has 0 saturated carbocycles. The summed E-state index contributed by atoms with van der Waals surface area (Å²) in [5, 5.41) is 5.97. The Balaban J connectivity index is 1.39. The van der Waals surface area contributed by atoms with E-state index in [9.17, 15) is 8.42 Å². The molecule has 0 atom stereocenters. The first-order valence-electron chi connectivity index (χ1n) is 14.6. The Bertz CT molecular complexity index is 2050. The highest BCUT2D eigenvalue weighted by molar-refractivity contribution is 7.89. The highest BCUT2D eigenvalue weighted by Crippen LogP contribution is 2.38. The SMILES string of the molecule is COc1ncc(-c2ccc3nc(N)c(-c4ccc(CN5CCCCC5)cc4C)cc3c2)cc1-c1c(F)ccc(S(N)(=O)=O)c1F. The number of sulfonamides is 1. The Labute approximate surface area is 260 Å². The molecule has 4 N–H and O–H groups in total. The Morgan fingerprint density at radius 1 is 0.911 bits per heavy atom. The van der Waals surface area contributed by atoms with E-state index in [-0.39, 0.29) is 11.4 Å². The molecule has 2 aromatic heterocycles. The monoisotopic (exact) mass is 629 g/mol. The zero-order valence-electron chi connectivity index (χ0n) is 25.0. The van der Waals surface area contributed by atoms with Crippen LogP contribution in [0, 0.1) is 18.6 Å². The molecule has 8 nitrogen and oxygen atoms in total. The molecule has 45 heavy (non-hydrogen) atoms. The number of nitrogen functional groups attached to an aromatic ring is 1. The zero-order chi connectivity index (χ0) is 31.9. The van der Waals surface area contributed by atoms with Crippen molar-refractivity contribution in [3.8, 4) is 39.3 Å². The molecule has 6 rings (SSSR count). The molecule has 1 saturated heterocycles. The smallest absolute Gasteiger partial charge is 0.240 e. The van der Waals surface area contributed by atoms with E-state index in [2.05, 4.69) is 40.0 Å². The Kier molecular flexibility index (Phi) is 8.25. The minimum absolute atomic E-state index is 0.0630. The number of halogens is 2. The van der Waals surface area contributed by atoms with Crippen molar-refractivity contribution in [2.75, 3.05) is 25.9 Å². The Morgan fingerprint density at radius 3 is 2.40 bits per heavy atom. The van der Waals surface area contributed by atoms with Crippen molar-refractivity contribution >= 4 is 26.7 Å². The molecular formula is C34H33F2N5O3S. The fraction of sp³-hybridized carbons (Fsp3) is 0.235. The average Bonchev–Trinajstić information content (AvgIpc) is 3.00. The van der Waals surface area contributed by atoms with Gasteiger partial charge in [0, 0.05) is 29.3 Å². The predicted molar refractivity (Wildman–Crippen MR) is 172 cm³/mol. The molecule has 5 aromatic rings. The second-order valence-electron chi connectivity index (χ2n) is 11.4. The minimum atomic E-state index is -4.45. The maximum Gasteiger partial charge on any atom is 0.240 e. The third kappa shape index (κ3) is 6.11.